The molecular weight excluding hydrogens is 342 g/mol. The molecule has 0 aliphatic rings. The Hall–Kier alpha value is -1.14. The largest absolute Gasteiger partial charge is 0.459 e. The molecule has 0 aliphatic carbocycles. The van der Waals surface area contributed by atoms with Crippen LogP contribution in [-0.2, 0) is 16.0 Å². The highest BCUT2D eigenvalue weighted by Gasteiger charge is 2.23. The third kappa shape index (κ3) is 7.62. The molecule has 0 bridgehead atoms. The number of ether oxygens (including phenoxy) is 1. The van der Waals surface area contributed by atoms with E-state index >= 15 is 0 Å². The fourth-order valence-electron chi connectivity index (χ4n) is 2.36. The Morgan fingerprint density at radius 3 is 2.29 bits per heavy atom. The number of carbonyl (C=O) groups excluding carboxylic acids is 2. The molecule has 4 nitrogen and oxygen atoms in total. The molecule has 134 valence electrons. The second-order valence-corrected chi connectivity index (χ2v) is 8.45. The van der Waals surface area contributed by atoms with Crippen molar-refractivity contribution in [2.24, 2.45) is 5.92 Å². The Morgan fingerprint density at radius 2 is 1.79 bits per heavy atom. The predicted octanol–water partition coefficient (Wildman–Crippen LogP) is 3.86. The Balaban J connectivity index is 2.53. The van der Waals surface area contributed by atoms with Crippen molar-refractivity contribution >= 4 is 37.1 Å². The highest BCUT2D eigenvalue weighted by atomic mass is 32.2. The molecule has 1 amide bonds. The second kappa shape index (κ2) is 9.37. The number of benzene rings is 1. The molecule has 0 aromatic heterocycles. The summed E-state index contributed by atoms with van der Waals surface area (Å²) in [6, 6.07) is 7.45. The summed E-state index contributed by atoms with van der Waals surface area (Å²) in [5.74, 6) is -0.848. The van der Waals surface area contributed by atoms with Crippen molar-refractivity contribution in [3.8, 4) is 0 Å². The van der Waals surface area contributed by atoms with E-state index in [9.17, 15) is 9.59 Å². The topological polar surface area (TPSA) is 55.4 Å². The minimum absolute atomic E-state index is 0.172. The van der Waals surface area contributed by atoms with Crippen LogP contribution in [-0.4, -0.2) is 22.2 Å². The number of amides is 1. The zero-order valence-electron chi connectivity index (χ0n) is 14.7. The maximum atomic E-state index is 12.2. The van der Waals surface area contributed by atoms with Gasteiger partial charge in [0.25, 0.3) is 0 Å². The minimum atomic E-state index is -0.870. The monoisotopic (exact) mass is 369 g/mol. The summed E-state index contributed by atoms with van der Waals surface area (Å²) in [6.45, 7) is 7.36. The first-order chi connectivity index (χ1) is 11.1. The summed E-state index contributed by atoms with van der Waals surface area (Å²) in [5.41, 5.74) is 1.73. The van der Waals surface area contributed by atoms with Crippen LogP contribution in [0.2, 0.25) is 0 Å². The molecule has 0 radical (unpaired) electrons. The maximum Gasteiger partial charge on any atom is 0.338 e. The van der Waals surface area contributed by atoms with Crippen molar-refractivity contribution < 1.29 is 14.3 Å². The molecule has 0 aliphatic heterocycles. The van der Waals surface area contributed by atoms with Gasteiger partial charge in [-0.25, -0.2) is 4.79 Å². The lowest BCUT2D eigenvalue weighted by atomic mass is 10.0. The summed E-state index contributed by atoms with van der Waals surface area (Å²) >= 11 is 8.31. The van der Waals surface area contributed by atoms with Gasteiger partial charge in [-0.05, 0) is 44.4 Å². The van der Waals surface area contributed by atoms with Gasteiger partial charge in [0.1, 0.15) is 10.3 Å². The molecule has 1 N–H and O–H groups in total. The molecule has 6 heteroatoms. The molecule has 24 heavy (non-hydrogen) atoms. The van der Waals surface area contributed by atoms with Gasteiger partial charge >= 0.3 is 5.97 Å². The smallest absolute Gasteiger partial charge is 0.338 e. The third-order valence-electron chi connectivity index (χ3n) is 3.53. The SMILES string of the molecule is CCCc1ccc(C(=O)OC(C)CC(C)C(=O)NC(C)(S)S)cc1. The van der Waals surface area contributed by atoms with E-state index < -0.39 is 4.20 Å². The molecule has 0 spiro atoms. The Kier molecular flexibility index (Phi) is 8.16. The second-order valence-electron chi connectivity index (χ2n) is 6.31. The summed E-state index contributed by atoms with van der Waals surface area (Å²) in [5, 5.41) is 2.68. The number of aryl methyl sites for hydroxylation is 1. The molecule has 0 saturated carbocycles. The maximum absolute atomic E-state index is 12.2. The van der Waals surface area contributed by atoms with Crippen LogP contribution < -0.4 is 5.32 Å². The summed E-state index contributed by atoms with van der Waals surface area (Å²) in [7, 11) is 0. The zero-order valence-corrected chi connectivity index (χ0v) is 16.5. The average Bonchev–Trinajstić information content (AvgIpc) is 2.46. The van der Waals surface area contributed by atoms with Crippen LogP contribution in [0, 0.1) is 5.92 Å². The first-order valence-corrected chi connectivity index (χ1v) is 9.08. The standard InChI is InChI=1S/C18H27NO3S2/c1-5-6-14-7-9-15(10-8-14)17(21)22-13(3)11-12(2)16(20)19-18(4,23)24/h7-10,12-13,23-24H,5-6,11H2,1-4H3,(H,19,20). The fourth-order valence-corrected chi connectivity index (χ4v) is 2.58. The zero-order chi connectivity index (χ0) is 18.3. The molecule has 1 rings (SSSR count). The Labute approximate surface area is 155 Å². The van der Waals surface area contributed by atoms with Crippen LogP contribution in [0.15, 0.2) is 24.3 Å². The number of nitrogens with one attached hydrogen (secondary N) is 1. The first kappa shape index (κ1) is 20.9. The number of carbonyl (C=O) groups is 2. The molecular formula is C18H27NO3S2. The highest BCUT2D eigenvalue weighted by molar-refractivity contribution is 8.00. The normalized spacial score (nSPS) is 13.9. The van der Waals surface area contributed by atoms with Gasteiger partial charge < -0.3 is 10.1 Å². The van der Waals surface area contributed by atoms with Crippen molar-refractivity contribution in [2.75, 3.05) is 0 Å². The number of rotatable bonds is 8. The summed E-state index contributed by atoms with van der Waals surface area (Å²) in [6.07, 6.45) is 2.13. The molecule has 1 aromatic carbocycles. The molecule has 1 aromatic rings. The first-order valence-electron chi connectivity index (χ1n) is 8.19. The number of esters is 1. The van der Waals surface area contributed by atoms with Crippen molar-refractivity contribution in [2.45, 2.75) is 57.3 Å². The van der Waals surface area contributed by atoms with Crippen molar-refractivity contribution in [3.05, 3.63) is 35.4 Å². The van der Waals surface area contributed by atoms with Crippen LogP contribution in [0.25, 0.3) is 0 Å². The van der Waals surface area contributed by atoms with E-state index in [-0.39, 0.29) is 23.9 Å². The van der Waals surface area contributed by atoms with Crippen molar-refractivity contribution in [1.29, 1.82) is 0 Å². The predicted molar refractivity (Wildman–Crippen MR) is 104 cm³/mol. The van der Waals surface area contributed by atoms with E-state index in [0.29, 0.717) is 12.0 Å². The van der Waals surface area contributed by atoms with Gasteiger partial charge in [0.2, 0.25) is 5.91 Å². The molecule has 2 atom stereocenters. The minimum Gasteiger partial charge on any atom is -0.459 e. The van der Waals surface area contributed by atoms with E-state index in [1.165, 1.54) is 5.56 Å². The fraction of sp³-hybridized carbons (Fsp3) is 0.556. The van der Waals surface area contributed by atoms with Gasteiger partial charge in [-0.2, -0.15) is 0 Å². The van der Waals surface area contributed by atoms with Crippen molar-refractivity contribution in [3.63, 3.8) is 0 Å². The average molecular weight is 370 g/mol. The van der Waals surface area contributed by atoms with E-state index in [0.717, 1.165) is 12.8 Å². The number of hydrogen-bond acceptors (Lipinski definition) is 5. The van der Waals surface area contributed by atoms with Crippen LogP contribution in [0.4, 0.5) is 0 Å². The highest BCUT2D eigenvalue weighted by Crippen LogP contribution is 2.17. The van der Waals surface area contributed by atoms with Gasteiger partial charge in [0.15, 0.2) is 0 Å². The lowest BCUT2D eigenvalue weighted by Gasteiger charge is -2.23. The quantitative estimate of drug-likeness (QED) is 0.370. The Bertz CT molecular complexity index is 552. The van der Waals surface area contributed by atoms with Gasteiger partial charge in [-0.1, -0.05) is 32.4 Å². The van der Waals surface area contributed by atoms with Gasteiger partial charge in [-0.3, -0.25) is 4.79 Å². The van der Waals surface area contributed by atoms with Gasteiger partial charge in [-0.15, -0.1) is 25.3 Å². The Morgan fingerprint density at radius 1 is 1.21 bits per heavy atom. The summed E-state index contributed by atoms with van der Waals surface area (Å²) < 4.78 is 4.56. The lowest BCUT2D eigenvalue weighted by molar-refractivity contribution is -0.125. The van der Waals surface area contributed by atoms with E-state index in [1.807, 2.05) is 12.1 Å². The van der Waals surface area contributed by atoms with Crippen LogP contribution >= 0.6 is 25.3 Å². The number of thiol groups is 2. The van der Waals surface area contributed by atoms with Crippen LogP contribution in [0.1, 0.15) is 56.5 Å². The van der Waals surface area contributed by atoms with Crippen molar-refractivity contribution in [1.82, 2.24) is 5.32 Å². The molecule has 0 saturated heterocycles. The number of hydrogen-bond donors (Lipinski definition) is 3. The van der Waals surface area contributed by atoms with E-state index in [1.54, 1.807) is 32.9 Å². The summed E-state index contributed by atoms with van der Waals surface area (Å²) in [4.78, 5) is 24.2. The molecule has 0 heterocycles. The van der Waals surface area contributed by atoms with Gasteiger partial charge in [0.05, 0.1) is 5.56 Å². The van der Waals surface area contributed by atoms with E-state index in [2.05, 4.69) is 37.5 Å². The van der Waals surface area contributed by atoms with Gasteiger partial charge in [0, 0.05) is 5.92 Å². The van der Waals surface area contributed by atoms with Crippen LogP contribution in [0.5, 0.6) is 0 Å². The van der Waals surface area contributed by atoms with E-state index in [4.69, 9.17) is 4.74 Å². The molecule has 0 fully saturated rings. The third-order valence-corrected chi connectivity index (χ3v) is 3.75. The van der Waals surface area contributed by atoms with Crippen LogP contribution in [0.3, 0.4) is 0 Å². The lowest BCUT2D eigenvalue weighted by Crippen LogP contribution is -2.40. The molecule has 2 unspecified atom stereocenters.